The smallest absolute Gasteiger partial charge is 0.394 e. The van der Waals surface area contributed by atoms with E-state index in [1.165, 1.54) is 19.1 Å². The molecule has 0 spiro atoms. The highest BCUT2D eigenvalue weighted by Gasteiger charge is 2.34. The summed E-state index contributed by atoms with van der Waals surface area (Å²) >= 11 is 0.932. The molecule has 0 fully saturated rings. The van der Waals surface area contributed by atoms with Crippen molar-refractivity contribution >= 4 is 23.6 Å². The van der Waals surface area contributed by atoms with E-state index in [2.05, 4.69) is 5.32 Å². The Morgan fingerprint density at radius 2 is 2.04 bits per heavy atom. The van der Waals surface area contributed by atoms with Gasteiger partial charge in [0.1, 0.15) is 0 Å². The van der Waals surface area contributed by atoms with Crippen molar-refractivity contribution in [1.82, 2.24) is 5.32 Å². The van der Waals surface area contributed by atoms with E-state index in [0.717, 1.165) is 23.9 Å². The molecule has 2 amide bonds. The van der Waals surface area contributed by atoms with Crippen LogP contribution in [0.2, 0.25) is 0 Å². The molecular weight excluding hydrogens is 359 g/mol. The SMILES string of the molecule is CC1=C(Sc2cccc(C(F)(F)F)c2)C(COCCO)C(=O)NC1=O. The van der Waals surface area contributed by atoms with Crippen LogP contribution in [-0.2, 0) is 20.5 Å². The summed E-state index contributed by atoms with van der Waals surface area (Å²) in [6.07, 6.45) is -4.48. The lowest BCUT2D eigenvalue weighted by Crippen LogP contribution is -2.43. The first-order chi connectivity index (χ1) is 11.7. The lowest BCUT2D eigenvalue weighted by molar-refractivity contribution is -0.138. The van der Waals surface area contributed by atoms with Crippen molar-refractivity contribution in [1.29, 1.82) is 0 Å². The number of carbonyl (C=O) groups is 2. The van der Waals surface area contributed by atoms with Gasteiger partial charge in [0.2, 0.25) is 5.91 Å². The molecule has 25 heavy (non-hydrogen) atoms. The molecule has 5 nitrogen and oxygen atoms in total. The number of hydrogen-bond donors (Lipinski definition) is 2. The first kappa shape index (κ1) is 19.5. The van der Waals surface area contributed by atoms with Gasteiger partial charge in [-0.05, 0) is 25.1 Å². The fraction of sp³-hybridized carbons (Fsp3) is 0.375. The number of aliphatic hydroxyl groups excluding tert-OH is 1. The molecule has 136 valence electrons. The van der Waals surface area contributed by atoms with Crippen LogP contribution in [0.1, 0.15) is 12.5 Å². The van der Waals surface area contributed by atoms with Crippen molar-refractivity contribution in [3.8, 4) is 0 Å². The van der Waals surface area contributed by atoms with Gasteiger partial charge in [0.05, 0.1) is 31.3 Å². The number of ether oxygens (including phenoxy) is 1. The fourth-order valence-electron chi connectivity index (χ4n) is 2.21. The summed E-state index contributed by atoms with van der Waals surface area (Å²) in [4.78, 5) is 24.5. The number of carbonyl (C=O) groups excluding carboxylic acids is 2. The van der Waals surface area contributed by atoms with Gasteiger partial charge in [-0.3, -0.25) is 14.9 Å². The Hall–Kier alpha value is -1.84. The number of amides is 2. The zero-order valence-electron chi connectivity index (χ0n) is 13.2. The zero-order chi connectivity index (χ0) is 18.6. The minimum Gasteiger partial charge on any atom is -0.394 e. The summed E-state index contributed by atoms with van der Waals surface area (Å²) in [5.41, 5.74) is -0.560. The van der Waals surface area contributed by atoms with E-state index in [-0.39, 0.29) is 30.3 Å². The molecule has 1 aromatic rings. The third-order valence-corrected chi connectivity index (χ3v) is 4.79. The topological polar surface area (TPSA) is 75.6 Å². The molecule has 0 saturated heterocycles. The molecule has 0 aliphatic carbocycles. The van der Waals surface area contributed by atoms with Crippen molar-refractivity contribution < 1.29 is 32.6 Å². The highest BCUT2D eigenvalue weighted by molar-refractivity contribution is 8.03. The van der Waals surface area contributed by atoms with Crippen LogP contribution in [0.3, 0.4) is 0 Å². The average molecular weight is 375 g/mol. The maximum atomic E-state index is 12.8. The molecule has 1 aromatic carbocycles. The van der Waals surface area contributed by atoms with Gasteiger partial charge in [-0.15, -0.1) is 0 Å². The molecule has 9 heteroatoms. The number of imide groups is 1. The summed E-state index contributed by atoms with van der Waals surface area (Å²) < 4.78 is 43.7. The highest BCUT2D eigenvalue weighted by Crippen LogP contribution is 2.39. The Kier molecular flexibility index (Phi) is 6.26. The summed E-state index contributed by atoms with van der Waals surface area (Å²) in [6.45, 7) is 1.19. The van der Waals surface area contributed by atoms with E-state index in [1.807, 2.05) is 0 Å². The molecule has 0 saturated carbocycles. The minimum absolute atomic E-state index is 0.0122. The van der Waals surface area contributed by atoms with E-state index < -0.39 is 29.5 Å². The number of halogens is 3. The fourth-order valence-corrected chi connectivity index (χ4v) is 3.36. The predicted molar refractivity (Wildman–Crippen MR) is 84.5 cm³/mol. The normalized spacial score (nSPS) is 18.5. The number of nitrogens with one attached hydrogen (secondary N) is 1. The minimum atomic E-state index is -4.48. The molecule has 1 aliphatic rings. The molecule has 1 aliphatic heterocycles. The summed E-state index contributed by atoms with van der Waals surface area (Å²) in [5.74, 6) is -2.00. The number of aliphatic hydroxyl groups is 1. The standard InChI is InChI=1S/C16H16F3NO4S/c1-9-13(12(8-24-6-5-21)15(23)20-14(9)22)25-11-4-2-3-10(7-11)16(17,18)19/h2-4,7,12,21H,5-6,8H2,1H3,(H,20,22,23). The molecular formula is C16H16F3NO4S. The zero-order valence-corrected chi connectivity index (χ0v) is 14.0. The number of benzene rings is 1. The van der Waals surface area contributed by atoms with Crippen LogP contribution in [0.5, 0.6) is 0 Å². The third-order valence-electron chi connectivity index (χ3n) is 3.49. The summed E-state index contributed by atoms with van der Waals surface area (Å²) in [5, 5.41) is 10.9. The number of rotatable bonds is 6. The Bertz CT molecular complexity index is 703. The predicted octanol–water partition coefficient (Wildman–Crippen LogP) is 2.35. The van der Waals surface area contributed by atoms with Gasteiger partial charge >= 0.3 is 6.18 Å². The summed E-state index contributed by atoms with van der Waals surface area (Å²) in [6, 6.07) is 4.66. The van der Waals surface area contributed by atoms with Crippen molar-refractivity contribution in [2.75, 3.05) is 19.8 Å². The van der Waals surface area contributed by atoms with Gasteiger partial charge in [0.15, 0.2) is 0 Å². The van der Waals surface area contributed by atoms with E-state index in [0.29, 0.717) is 4.91 Å². The van der Waals surface area contributed by atoms with E-state index in [1.54, 1.807) is 0 Å². The van der Waals surface area contributed by atoms with E-state index >= 15 is 0 Å². The summed E-state index contributed by atoms with van der Waals surface area (Å²) in [7, 11) is 0. The van der Waals surface area contributed by atoms with Gasteiger partial charge in [0.25, 0.3) is 5.91 Å². The van der Waals surface area contributed by atoms with Crippen LogP contribution in [0.15, 0.2) is 39.6 Å². The number of alkyl halides is 3. The van der Waals surface area contributed by atoms with Gasteiger partial charge in [0, 0.05) is 15.4 Å². The second-order valence-corrected chi connectivity index (χ2v) is 6.40. The van der Waals surface area contributed by atoms with E-state index in [4.69, 9.17) is 9.84 Å². The maximum Gasteiger partial charge on any atom is 0.416 e. The Morgan fingerprint density at radius 3 is 2.68 bits per heavy atom. The van der Waals surface area contributed by atoms with E-state index in [9.17, 15) is 22.8 Å². The molecule has 2 N–H and O–H groups in total. The van der Waals surface area contributed by atoms with Gasteiger partial charge in [-0.2, -0.15) is 13.2 Å². The van der Waals surface area contributed by atoms with Crippen molar-refractivity contribution in [2.24, 2.45) is 5.92 Å². The molecule has 1 atom stereocenters. The van der Waals surface area contributed by atoms with Crippen molar-refractivity contribution in [3.63, 3.8) is 0 Å². The Balaban J connectivity index is 2.30. The van der Waals surface area contributed by atoms with Crippen LogP contribution in [0, 0.1) is 5.92 Å². The number of hydrogen-bond acceptors (Lipinski definition) is 5. The first-order valence-electron chi connectivity index (χ1n) is 7.33. The second kappa shape index (κ2) is 8.03. The van der Waals surface area contributed by atoms with Crippen LogP contribution in [-0.4, -0.2) is 36.7 Å². The largest absolute Gasteiger partial charge is 0.416 e. The first-order valence-corrected chi connectivity index (χ1v) is 8.15. The van der Waals surface area contributed by atoms with Crippen LogP contribution < -0.4 is 5.32 Å². The monoisotopic (exact) mass is 375 g/mol. The lowest BCUT2D eigenvalue weighted by atomic mass is 10.0. The Morgan fingerprint density at radius 1 is 1.32 bits per heavy atom. The maximum absolute atomic E-state index is 12.8. The Labute approximate surface area is 146 Å². The van der Waals surface area contributed by atoms with Gasteiger partial charge in [-0.25, -0.2) is 0 Å². The quantitative estimate of drug-likeness (QED) is 0.590. The number of thioether (sulfide) groups is 1. The molecule has 1 heterocycles. The van der Waals surface area contributed by atoms with Crippen molar-refractivity contribution in [2.45, 2.75) is 18.0 Å². The van der Waals surface area contributed by atoms with Gasteiger partial charge < -0.3 is 9.84 Å². The van der Waals surface area contributed by atoms with Crippen molar-refractivity contribution in [3.05, 3.63) is 40.3 Å². The van der Waals surface area contributed by atoms with Crippen LogP contribution in [0.4, 0.5) is 13.2 Å². The van der Waals surface area contributed by atoms with Crippen LogP contribution in [0.25, 0.3) is 0 Å². The molecule has 0 bridgehead atoms. The third kappa shape index (κ3) is 4.83. The average Bonchev–Trinajstić information content (AvgIpc) is 2.54. The lowest BCUT2D eigenvalue weighted by Gasteiger charge is -2.25. The van der Waals surface area contributed by atoms with Crippen LogP contribution >= 0.6 is 11.8 Å². The molecule has 2 rings (SSSR count). The molecule has 0 radical (unpaired) electrons. The highest BCUT2D eigenvalue weighted by atomic mass is 32.2. The molecule has 1 unspecified atom stereocenters. The second-order valence-electron chi connectivity index (χ2n) is 5.29. The molecule has 0 aromatic heterocycles. The van der Waals surface area contributed by atoms with Gasteiger partial charge in [-0.1, -0.05) is 17.8 Å².